The second-order valence-electron chi connectivity index (χ2n) is 5.88. The van der Waals surface area contributed by atoms with Crippen LogP contribution in [0.2, 0.25) is 0 Å². The van der Waals surface area contributed by atoms with Gasteiger partial charge in [0.15, 0.2) is 0 Å². The molecule has 0 aliphatic carbocycles. The predicted molar refractivity (Wildman–Crippen MR) is 88.7 cm³/mol. The Hall–Kier alpha value is -1.75. The molecule has 1 fully saturated rings. The summed E-state index contributed by atoms with van der Waals surface area (Å²) < 4.78 is 5.17. The number of hydrogen-bond donors (Lipinski definition) is 0. The summed E-state index contributed by atoms with van der Waals surface area (Å²) in [7, 11) is 0. The maximum absolute atomic E-state index is 12.1. The number of ether oxygens (including phenoxy) is 1. The van der Waals surface area contributed by atoms with E-state index in [0.717, 1.165) is 31.0 Å². The van der Waals surface area contributed by atoms with Gasteiger partial charge in [0, 0.05) is 26.2 Å². The zero-order valence-electron chi connectivity index (χ0n) is 13.3. The first-order valence-electron chi connectivity index (χ1n) is 8.30. The maximum Gasteiger partial charge on any atom is 0.414 e. The first kappa shape index (κ1) is 15.2. The first-order chi connectivity index (χ1) is 10.8. The number of carbonyl (C=O) groups is 1. The fourth-order valence-electron chi connectivity index (χ4n) is 3.31. The van der Waals surface area contributed by atoms with Crippen LogP contribution < -0.4 is 9.80 Å². The van der Waals surface area contributed by atoms with E-state index >= 15 is 0 Å². The normalized spacial score (nSPS) is 18.4. The maximum atomic E-state index is 12.1. The van der Waals surface area contributed by atoms with E-state index in [2.05, 4.69) is 15.9 Å². The Morgan fingerprint density at radius 2 is 1.77 bits per heavy atom. The van der Waals surface area contributed by atoms with Crippen molar-refractivity contribution >= 4 is 17.5 Å². The summed E-state index contributed by atoms with van der Waals surface area (Å²) in [5.41, 5.74) is 2.11. The number of hydrogen-bond acceptors (Lipinski definition) is 4. The number of fused-ring (bicyclic) bond motifs is 1. The predicted octanol–water partition coefficient (Wildman–Crippen LogP) is 2.57. The summed E-state index contributed by atoms with van der Waals surface area (Å²) in [6.45, 7) is 8.39. The molecule has 2 aliphatic heterocycles. The smallest absolute Gasteiger partial charge is 0.414 e. The van der Waals surface area contributed by atoms with E-state index in [0.29, 0.717) is 13.2 Å². The van der Waals surface area contributed by atoms with Crippen LogP contribution in [0.5, 0.6) is 0 Å². The lowest BCUT2D eigenvalue weighted by Gasteiger charge is -2.37. The third-order valence-electron chi connectivity index (χ3n) is 4.48. The van der Waals surface area contributed by atoms with Crippen molar-refractivity contribution in [1.82, 2.24) is 4.90 Å². The van der Waals surface area contributed by atoms with Crippen LogP contribution in [-0.4, -0.2) is 56.9 Å². The van der Waals surface area contributed by atoms with Gasteiger partial charge in [-0.05, 0) is 45.0 Å². The van der Waals surface area contributed by atoms with Gasteiger partial charge in [-0.2, -0.15) is 0 Å². The molecule has 0 atom stereocenters. The van der Waals surface area contributed by atoms with E-state index in [1.165, 1.54) is 25.9 Å². The van der Waals surface area contributed by atoms with Crippen LogP contribution in [0.15, 0.2) is 24.3 Å². The van der Waals surface area contributed by atoms with Gasteiger partial charge < -0.3 is 14.5 Å². The second kappa shape index (κ2) is 7.01. The highest BCUT2D eigenvalue weighted by Gasteiger charge is 2.27. The van der Waals surface area contributed by atoms with Crippen molar-refractivity contribution in [2.75, 3.05) is 55.7 Å². The zero-order valence-corrected chi connectivity index (χ0v) is 13.3. The Labute approximate surface area is 132 Å². The highest BCUT2D eigenvalue weighted by atomic mass is 16.6. The van der Waals surface area contributed by atoms with E-state index < -0.39 is 0 Å². The van der Waals surface area contributed by atoms with Crippen LogP contribution in [0.4, 0.5) is 16.2 Å². The van der Waals surface area contributed by atoms with Gasteiger partial charge in [-0.1, -0.05) is 12.1 Å². The molecule has 0 N–H and O–H groups in total. The van der Waals surface area contributed by atoms with E-state index in [-0.39, 0.29) is 6.09 Å². The minimum absolute atomic E-state index is 0.242. The van der Waals surface area contributed by atoms with Gasteiger partial charge in [0.2, 0.25) is 0 Å². The van der Waals surface area contributed by atoms with Gasteiger partial charge >= 0.3 is 6.09 Å². The van der Waals surface area contributed by atoms with Crippen LogP contribution in [-0.2, 0) is 4.74 Å². The highest BCUT2D eigenvalue weighted by molar-refractivity contribution is 5.93. The lowest BCUT2D eigenvalue weighted by molar-refractivity contribution is 0.159. The van der Waals surface area contributed by atoms with Crippen LogP contribution in [0.25, 0.3) is 0 Å². The molecule has 0 bridgehead atoms. The number of para-hydroxylation sites is 2. The van der Waals surface area contributed by atoms with E-state index in [4.69, 9.17) is 4.74 Å². The molecule has 1 amide bonds. The van der Waals surface area contributed by atoms with E-state index in [9.17, 15) is 4.79 Å². The summed E-state index contributed by atoms with van der Waals surface area (Å²) in [5.74, 6) is 0. The third-order valence-corrected chi connectivity index (χ3v) is 4.48. The van der Waals surface area contributed by atoms with Crippen LogP contribution in [0, 0.1) is 0 Å². The minimum atomic E-state index is -0.242. The Kier molecular flexibility index (Phi) is 4.83. The number of anilines is 2. The Bertz CT molecular complexity index is 514. The number of rotatable bonds is 4. The molecular formula is C17H25N3O2. The monoisotopic (exact) mass is 303 g/mol. The first-order valence-corrected chi connectivity index (χ1v) is 8.30. The average molecular weight is 303 g/mol. The molecule has 2 heterocycles. The van der Waals surface area contributed by atoms with Crippen molar-refractivity contribution in [2.24, 2.45) is 0 Å². The number of amides is 1. The number of benzene rings is 1. The second-order valence-corrected chi connectivity index (χ2v) is 5.88. The molecule has 2 aliphatic rings. The van der Waals surface area contributed by atoms with E-state index in [1.54, 1.807) is 4.90 Å². The highest BCUT2D eigenvalue weighted by Crippen LogP contribution is 2.33. The molecule has 0 spiro atoms. The zero-order chi connectivity index (χ0) is 15.4. The SMILES string of the molecule is CCOC(=O)N1CCN(CCN2CCCC2)c2ccccc21. The summed E-state index contributed by atoms with van der Waals surface area (Å²) in [5, 5.41) is 0. The van der Waals surface area contributed by atoms with Crippen molar-refractivity contribution in [3.8, 4) is 0 Å². The van der Waals surface area contributed by atoms with Gasteiger partial charge in [-0.3, -0.25) is 4.90 Å². The van der Waals surface area contributed by atoms with Crippen molar-refractivity contribution in [1.29, 1.82) is 0 Å². The largest absolute Gasteiger partial charge is 0.449 e. The lowest BCUT2D eigenvalue weighted by Crippen LogP contribution is -2.46. The topological polar surface area (TPSA) is 36.0 Å². The molecule has 5 nitrogen and oxygen atoms in total. The molecule has 0 aromatic heterocycles. The fraction of sp³-hybridized carbons (Fsp3) is 0.588. The minimum Gasteiger partial charge on any atom is -0.449 e. The van der Waals surface area contributed by atoms with Crippen molar-refractivity contribution in [3.63, 3.8) is 0 Å². The molecule has 1 aromatic carbocycles. The molecule has 5 heteroatoms. The number of carbonyl (C=O) groups excluding carboxylic acids is 1. The van der Waals surface area contributed by atoms with Crippen molar-refractivity contribution in [3.05, 3.63) is 24.3 Å². The third kappa shape index (κ3) is 3.19. The molecule has 22 heavy (non-hydrogen) atoms. The summed E-state index contributed by atoms with van der Waals surface area (Å²) in [6, 6.07) is 8.13. The van der Waals surface area contributed by atoms with Gasteiger partial charge in [0.05, 0.1) is 18.0 Å². The van der Waals surface area contributed by atoms with Gasteiger partial charge in [-0.25, -0.2) is 4.79 Å². The molecular weight excluding hydrogens is 278 g/mol. The van der Waals surface area contributed by atoms with Gasteiger partial charge in [0.25, 0.3) is 0 Å². The lowest BCUT2D eigenvalue weighted by atomic mass is 10.1. The molecule has 1 saturated heterocycles. The van der Waals surface area contributed by atoms with Crippen LogP contribution >= 0.6 is 0 Å². The summed E-state index contributed by atoms with van der Waals surface area (Å²) >= 11 is 0. The molecule has 0 radical (unpaired) electrons. The van der Waals surface area contributed by atoms with Crippen LogP contribution in [0.3, 0.4) is 0 Å². The molecule has 0 saturated carbocycles. The number of likely N-dealkylation sites (tertiary alicyclic amines) is 1. The Morgan fingerprint density at radius 3 is 2.50 bits per heavy atom. The summed E-state index contributed by atoms with van der Waals surface area (Å²) in [4.78, 5) is 18.8. The van der Waals surface area contributed by atoms with E-state index in [1.807, 2.05) is 25.1 Å². The van der Waals surface area contributed by atoms with Gasteiger partial charge in [-0.15, -0.1) is 0 Å². The number of nitrogens with zero attached hydrogens (tertiary/aromatic N) is 3. The molecule has 1 aromatic rings. The Morgan fingerprint density at radius 1 is 1.05 bits per heavy atom. The summed E-state index contributed by atoms with van der Waals surface area (Å²) in [6.07, 6.45) is 2.41. The average Bonchev–Trinajstić information content (AvgIpc) is 3.06. The van der Waals surface area contributed by atoms with Gasteiger partial charge in [0.1, 0.15) is 0 Å². The molecule has 3 rings (SSSR count). The van der Waals surface area contributed by atoms with Crippen molar-refractivity contribution in [2.45, 2.75) is 19.8 Å². The fourth-order valence-corrected chi connectivity index (χ4v) is 3.31. The molecule has 120 valence electrons. The van der Waals surface area contributed by atoms with Crippen molar-refractivity contribution < 1.29 is 9.53 Å². The van der Waals surface area contributed by atoms with Crippen LogP contribution in [0.1, 0.15) is 19.8 Å². The molecule has 0 unspecified atom stereocenters. The standard InChI is InChI=1S/C17H25N3O2/c1-2-22-17(21)20-14-13-19(12-11-18-9-5-6-10-18)15-7-3-4-8-16(15)20/h3-4,7-8H,2,5-6,9-14H2,1H3. The Balaban J connectivity index is 1.71. The quantitative estimate of drug-likeness (QED) is 0.856.